The number of halogens is 4. The van der Waals surface area contributed by atoms with Gasteiger partial charge in [0, 0.05) is 32.8 Å². The fourth-order valence-electron chi connectivity index (χ4n) is 3.97. The van der Waals surface area contributed by atoms with Crippen molar-refractivity contribution in [2.75, 3.05) is 5.32 Å². The molecule has 1 amide bonds. The summed E-state index contributed by atoms with van der Waals surface area (Å²) in [7, 11) is 0. The summed E-state index contributed by atoms with van der Waals surface area (Å²) in [6.07, 6.45) is 3.23. The number of carbonyl (C=O) groups excluding carboxylic acids is 1. The van der Waals surface area contributed by atoms with Crippen molar-refractivity contribution in [1.82, 2.24) is 39.8 Å². The van der Waals surface area contributed by atoms with Gasteiger partial charge in [-0.15, -0.1) is 5.10 Å². The summed E-state index contributed by atoms with van der Waals surface area (Å²) in [5.41, 5.74) is 2.41. The molecule has 0 unspecified atom stereocenters. The van der Waals surface area contributed by atoms with Gasteiger partial charge in [-0.3, -0.25) is 9.89 Å². The molecule has 0 atom stereocenters. The average Bonchev–Trinajstić information content (AvgIpc) is 3.69. The third kappa shape index (κ3) is 4.85. The molecule has 4 aromatic heterocycles. The number of aromatic nitrogens is 8. The Kier molecular flexibility index (Phi) is 6.09. The van der Waals surface area contributed by atoms with E-state index in [-0.39, 0.29) is 16.8 Å². The van der Waals surface area contributed by atoms with E-state index in [1.54, 1.807) is 47.4 Å². The van der Waals surface area contributed by atoms with Crippen molar-refractivity contribution in [3.05, 3.63) is 94.2 Å². The van der Waals surface area contributed by atoms with Crippen molar-refractivity contribution in [2.45, 2.75) is 6.18 Å². The summed E-state index contributed by atoms with van der Waals surface area (Å²) < 4.78 is 44.6. The third-order valence-electron chi connectivity index (χ3n) is 5.84. The SMILES string of the molecule is O=C(Nc1cc(-c2cn[nH]c2)cc(C(F)(F)F)c1)c1ccc(I)c(-n2cc(-c3cnc4cccnn34)nn2)c1. The summed E-state index contributed by atoms with van der Waals surface area (Å²) in [6, 6.07) is 11.8. The number of benzene rings is 2. The number of carbonyl (C=O) groups is 1. The highest BCUT2D eigenvalue weighted by Gasteiger charge is 2.31. The molecule has 14 heteroatoms. The standard InChI is InChI=1S/C25H15F3IN9O/c26-25(27,28)17-6-15(16-10-31-32-11-16)7-18(9-17)34-24(39)14-3-4-19(29)21(8-14)37-13-20(35-36-37)22-12-30-23-2-1-5-33-38(22)23/h1-13H,(H,31,32)(H,34,39). The Morgan fingerprint density at radius 2 is 1.92 bits per heavy atom. The van der Waals surface area contributed by atoms with Crippen LogP contribution >= 0.6 is 22.6 Å². The molecule has 10 nitrogen and oxygen atoms in total. The highest BCUT2D eigenvalue weighted by Crippen LogP contribution is 2.35. The summed E-state index contributed by atoms with van der Waals surface area (Å²) >= 11 is 2.10. The van der Waals surface area contributed by atoms with E-state index < -0.39 is 17.6 Å². The predicted octanol–water partition coefficient (Wildman–Crippen LogP) is 5.24. The topological polar surface area (TPSA) is 119 Å². The van der Waals surface area contributed by atoms with E-state index in [0.717, 1.165) is 15.7 Å². The van der Waals surface area contributed by atoms with Crippen LogP contribution in [0.2, 0.25) is 0 Å². The number of nitrogens with one attached hydrogen (secondary N) is 2. The maximum atomic E-state index is 13.6. The fourth-order valence-corrected chi connectivity index (χ4v) is 4.56. The van der Waals surface area contributed by atoms with E-state index >= 15 is 0 Å². The minimum absolute atomic E-state index is 0.00530. The van der Waals surface area contributed by atoms with Gasteiger partial charge in [0.15, 0.2) is 5.65 Å². The van der Waals surface area contributed by atoms with E-state index in [9.17, 15) is 18.0 Å². The summed E-state index contributed by atoms with van der Waals surface area (Å²) in [4.78, 5) is 17.4. The second-order valence-corrected chi connectivity index (χ2v) is 9.55. The first-order valence-corrected chi connectivity index (χ1v) is 12.4. The van der Waals surface area contributed by atoms with Gasteiger partial charge in [-0.1, -0.05) is 5.21 Å². The smallest absolute Gasteiger partial charge is 0.322 e. The number of imidazole rings is 1. The Balaban J connectivity index is 1.31. The van der Waals surface area contributed by atoms with Crippen LogP contribution in [-0.2, 0) is 6.18 Å². The molecule has 0 radical (unpaired) electrons. The molecule has 4 heterocycles. The van der Waals surface area contributed by atoms with Gasteiger partial charge in [-0.2, -0.15) is 23.4 Å². The first kappa shape index (κ1) is 24.7. The van der Waals surface area contributed by atoms with Crippen LogP contribution in [0.25, 0.3) is 33.8 Å². The maximum absolute atomic E-state index is 13.6. The van der Waals surface area contributed by atoms with Crippen molar-refractivity contribution < 1.29 is 18.0 Å². The number of hydrogen-bond donors (Lipinski definition) is 2. The van der Waals surface area contributed by atoms with E-state index in [4.69, 9.17) is 0 Å². The van der Waals surface area contributed by atoms with Gasteiger partial charge in [0.25, 0.3) is 5.91 Å². The molecule has 0 aliphatic heterocycles. The van der Waals surface area contributed by atoms with Gasteiger partial charge in [-0.05, 0) is 76.7 Å². The first-order chi connectivity index (χ1) is 18.8. The van der Waals surface area contributed by atoms with Crippen LogP contribution in [0.5, 0.6) is 0 Å². The predicted molar refractivity (Wildman–Crippen MR) is 143 cm³/mol. The van der Waals surface area contributed by atoms with Gasteiger partial charge >= 0.3 is 6.18 Å². The second kappa shape index (κ2) is 9.61. The lowest BCUT2D eigenvalue weighted by molar-refractivity contribution is -0.137. The Morgan fingerprint density at radius 1 is 1.05 bits per heavy atom. The van der Waals surface area contributed by atoms with E-state index in [1.165, 1.54) is 23.1 Å². The quantitative estimate of drug-likeness (QED) is 0.249. The lowest BCUT2D eigenvalue weighted by Crippen LogP contribution is -2.14. The number of amides is 1. The number of fused-ring (bicyclic) bond motifs is 1. The molecule has 0 bridgehead atoms. The van der Waals surface area contributed by atoms with Gasteiger partial charge < -0.3 is 5.32 Å². The van der Waals surface area contributed by atoms with Gasteiger partial charge in [0.1, 0.15) is 11.4 Å². The largest absolute Gasteiger partial charge is 0.416 e. The molecule has 2 N–H and O–H groups in total. The van der Waals surface area contributed by atoms with Crippen LogP contribution in [-0.4, -0.2) is 45.7 Å². The van der Waals surface area contributed by atoms with Gasteiger partial charge in [0.2, 0.25) is 0 Å². The number of alkyl halides is 3. The highest BCUT2D eigenvalue weighted by atomic mass is 127. The third-order valence-corrected chi connectivity index (χ3v) is 6.75. The minimum atomic E-state index is -4.60. The van der Waals surface area contributed by atoms with Crippen LogP contribution in [0.4, 0.5) is 18.9 Å². The maximum Gasteiger partial charge on any atom is 0.416 e. The van der Waals surface area contributed by atoms with Gasteiger partial charge in [0.05, 0.1) is 29.8 Å². The molecule has 6 aromatic rings. The van der Waals surface area contributed by atoms with Crippen molar-refractivity contribution >= 4 is 39.8 Å². The summed E-state index contributed by atoms with van der Waals surface area (Å²) in [5.74, 6) is -0.587. The van der Waals surface area contributed by atoms with E-state index in [1.807, 2.05) is 6.07 Å². The van der Waals surface area contributed by atoms with Crippen LogP contribution < -0.4 is 5.32 Å². The Labute approximate surface area is 231 Å². The Hall–Kier alpha value is -4.60. The summed E-state index contributed by atoms with van der Waals surface area (Å²) in [6.45, 7) is 0. The lowest BCUT2D eigenvalue weighted by Gasteiger charge is -2.13. The number of hydrogen-bond acceptors (Lipinski definition) is 6. The van der Waals surface area contributed by atoms with Crippen molar-refractivity contribution in [3.63, 3.8) is 0 Å². The molecule has 0 fully saturated rings. The molecule has 6 rings (SSSR count). The molecular formula is C25H15F3IN9O. The first-order valence-electron chi connectivity index (χ1n) is 11.3. The minimum Gasteiger partial charge on any atom is -0.322 e. The van der Waals surface area contributed by atoms with Crippen molar-refractivity contribution in [2.24, 2.45) is 0 Å². The zero-order chi connectivity index (χ0) is 27.1. The zero-order valence-electron chi connectivity index (χ0n) is 19.6. The normalized spacial score (nSPS) is 11.7. The van der Waals surface area contributed by atoms with E-state index in [2.05, 4.69) is 58.5 Å². The number of rotatable bonds is 5. The molecule has 0 aliphatic rings. The number of aromatic amines is 1. The molecule has 0 saturated heterocycles. The monoisotopic (exact) mass is 641 g/mol. The van der Waals surface area contributed by atoms with Gasteiger partial charge in [-0.25, -0.2) is 14.2 Å². The van der Waals surface area contributed by atoms with E-state index in [0.29, 0.717) is 28.3 Å². The number of anilines is 1. The molecule has 2 aromatic carbocycles. The number of nitrogens with zero attached hydrogens (tertiary/aromatic N) is 7. The number of H-pyrrole nitrogens is 1. The van der Waals surface area contributed by atoms with Crippen LogP contribution in [0.1, 0.15) is 15.9 Å². The zero-order valence-corrected chi connectivity index (χ0v) is 21.7. The second-order valence-electron chi connectivity index (χ2n) is 8.39. The molecule has 39 heavy (non-hydrogen) atoms. The molecular weight excluding hydrogens is 626 g/mol. The van der Waals surface area contributed by atoms with Crippen molar-refractivity contribution in [1.29, 1.82) is 0 Å². The van der Waals surface area contributed by atoms with Crippen molar-refractivity contribution in [3.8, 4) is 28.2 Å². The summed E-state index contributed by atoms with van der Waals surface area (Å²) in [5, 5.41) is 21.7. The molecule has 194 valence electrons. The molecule has 0 aliphatic carbocycles. The lowest BCUT2D eigenvalue weighted by atomic mass is 10.0. The molecule has 0 spiro atoms. The van der Waals surface area contributed by atoms with Crippen LogP contribution in [0.3, 0.4) is 0 Å². The highest BCUT2D eigenvalue weighted by molar-refractivity contribution is 14.1. The van der Waals surface area contributed by atoms with Crippen LogP contribution in [0, 0.1) is 3.57 Å². The average molecular weight is 641 g/mol. The van der Waals surface area contributed by atoms with Crippen LogP contribution in [0.15, 0.2) is 79.5 Å². The Bertz CT molecular complexity index is 1830. The fraction of sp³-hybridized carbons (Fsp3) is 0.0400. The molecule has 0 saturated carbocycles. The Morgan fingerprint density at radius 3 is 2.72 bits per heavy atom.